The number of hydrogen-bond acceptors (Lipinski definition) is 1. The van der Waals surface area contributed by atoms with Crippen molar-refractivity contribution in [1.82, 2.24) is 0 Å². The molecule has 1 aromatic rings. The second-order valence-corrected chi connectivity index (χ2v) is 5.48. The number of carboxylic acids is 1. The summed E-state index contributed by atoms with van der Waals surface area (Å²) in [4.78, 5) is 11.2. The average Bonchev–Trinajstić information content (AvgIpc) is 2.16. The first-order valence-corrected chi connectivity index (χ1v) is 5.82. The van der Waals surface area contributed by atoms with Gasteiger partial charge in [-0.05, 0) is 41.5 Å². The molecular weight excluding hydrogens is 224 g/mol. The third-order valence-corrected chi connectivity index (χ3v) is 3.71. The van der Waals surface area contributed by atoms with E-state index in [4.69, 9.17) is 11.6 Å². The van der Waals surface area contributed by atoms with Crippen LogP contribution in [0.5, 0.6) is 0 Å². The van der Waals surface area contributed by atoms with Crippen LogP contribution in [0.3, 0.4) is 0 Å². The molecule has 2 rings (SSSR count). The van der Waals surface area contributed by atoms with Gasteiger partial charge in [-0.15, -0.1) is 0 Å². The zero-order valence-electron chi connectivity index (χ0n) is 9.46. The Labute approximate surface area is 100 Å². The summed E-state index contributed by atoms with van der Waals surface area (Å²) in [6, 6.07) is 5.61. The molecule has 0 saturated heterocycles. The van der Waals surface area contributed by atoms with Gasteiger partial charge in [0.2, 0.25) is 0 Å². The third kappa shape index (κ3) is 1.82. The molecule has 0 bridgehead atoms. The van der Waals surface area contributed by atoms with Crippen molar-refractivity contribution in [2.75, 3.05) is 0 Å². The van der Waals surface area contributed by atoms with Crippen LogP contribution in [0.25, 0.3) is 0 Å². The molecule has 1 aliphatic carbocycles. The second kappa shape index (κ2) is 3.77. The lowest BCUT2D eigenvalue weighted by molar-refractivity contribution is -0.139. The van der Waals surface area contributed by atoms with E-state index in [9.17, 15) is 9.90 Å². The monoisotopic (exact) mass is 238 g/mol. The van der Waals surface area contributed by atoms with Gasteiger partial charge < -0.3 is 5.11 Å². The quantitative estimate of drug-likeness (QED) is 0.812. The van der Waals surface area contributed by atoms with Crippen molar-refractivity contribution in [2.45, 2.75) is 38.0 Å². The largest absolute Gasteiger partial charge is 0.481 e. The number of hydrogen-bond donors (Lipinski definition) is 1. The Hall–Kier alpha value is -1.02. The number of rotatable bonds is 1. The van der Waals surface area contributed by atoms with Crippen molar-refractivity contribution in [3.63, 3.8) is 0 Å². The first-order chi connectivity index (χ1) is 7.42. The summed E-state index contributed by atoms with van der Waals surface area (Å²) in [6.07, 6.45) is 1.59. The molecule has 0 amide bonds. The Morgan fingerprint density at radius 1 is 1.50 bits per heavy atom. The first kappa shape index (κ1) is 11.5. The van der Waals surface area contributed by atoms with Crippen LogP contribution in [-0.2, 0) is 10.2 Å². The first-order valence-electron chi connectivity index (χ1n) is 5.44. The molecule has 86 valence electrons. The van der Waals surface area contributed by atoms with Crippen molar-refractivity contribution in [3.05, 3.63) is 34.3 Å². The number of carboxylic acid groups (broad SMARTS) is 1. The Morgan fingerprint density at radius 3 is 2.81 bits per heavy atom. The molecule has 0 aromatic heterocycles. The van der Waals surface area contributed by atoms with E-state index in [1.165, 1.54) is 0 Å². The van der Waals surface area contributed by atoms with E-state index < -0.39 is 11.9 Å². The molecule has 0 aliphatic heterocycles. The molecule has 1 N–H and O–H groups in total. The summed E-state index contributed by atoms with van der Waals surface area (Å²) in [6.45, 7) is 4.30. The zero-order chi connectivity index (χ0) is 11.9. The minimum Gasteiger partial charge on any atom is -0.481 e. The molecule has 3 heteroatoms. The molecule has 1 unspecified atom stereocenters. The lowest BCUT2D eigenvalue weighted by Crippen LogP contribution is -2.29. The third-order valence-electron chi connectivity index (χ3n) is 3.47. The van der Waals surface area contributed by atoms with Gasteiger partial charge in [-0.3, -0.25) is 4.79 Å². The highest BCUT2D eigenvalue weighted by Gasteiger charge is 2.35. The van der Waals surface area contributed by atoms with Crippen LogP contribution >= 0.6 is 11.6 Å². The van der Waals surface area contributed by atoms with Crippen molar-refractivity contribution in [1.29, 1.82) is 0 Å². The minimum atomic E-state index is -0.751. The zero-order valence-corrected chi connectivity index (χ0v) is 10.2. The predicted octanol–water partition coefficient (Wildman–Crippen LogP) is 3.58. The van der Waals surface area contributed by atoms with E-state index in [0.717, 1.165) is 17.5 Å². The summed E-state index contributed by atoms with van der Waals surface area (Å²) >= 11 is 5.95. The van der Waals surface area contributed by atoms with E-state index in [2.05, 4.69) is 13.8 Å². The maximum atomic E-state index is 11.2. The van der Waals surface area contributed by atoms with Gasteiger partial charge in [0, 0.05) is 5.02 Å². The minimum absolute atomic E-state index is 0.0475. The van der Waals surface area contributed by atoms with Gasteiger partial charge in [0.15, 0.2) is 0 Å². The molecule has 0 fully saturated rings. The fraction of sp³-hybridized carbons (Fsp3) is 0.462. The van der Waals surface area contributed by atoms with E-state index in [1.807, 2.05) is 12.1 Å². The van der Waals surface area contributed by atoms with E-state index in [1.54, 1.807) is 6.07 Å². The Kier molecular flexibility index (Phi) is 2.70. The van der Waals surface area contributed by atoms with Crippen LogP contribution in [0.4, 0.5) is 0 Å². The lowest BCUT2D eigenvalue weighted by atomic mass is 9.69. The molecule has 16 heavy (non-hydrogen) atoms. The van der Waals surface area contributed by atoms with Crippen LogP contribution in [0.1, 0.15) is 43.7 Å². The highest BCUT2D eigenvalue weighted by atomic mass is 35.5. The molecular formula is C13H15ClO2. The molecule has 0 heterocycles. The lowest BCUT2D eigenvalue weighted by Gasteiger charge is -2.35. The van der Waals surface area contributed by atoms with Crippen molar-refractivity contribution in [3.8, 4) is 0 Å². The molecule has 1 aromatic carbocycles. The van der Waals surface area contributed by atoms with Crippen LogP contribution < -0.4 is 0 Å². The van der Waals surface area contributed by atoms with Crippen LogP contribution in [0.15, 0.2) is 18.2 Å². The van der Waals surface area contributed by atoms with E-state index >= 15 is 0 Å². The highest BCUT2D eigenvalue weighted by molar-refractivity contribution is 6.30. The highest BCUT2D eigenvalue weighted by Crippen LogP contribution is 2.43. The Bertz CT molecular complexity index is 438. The summed E-state index contributed by atoms with van der Waals surface area (Å²) in [5.74, 6) is -1.15. The van der Waals surface area contributed by atoms with Gasteiger partial charge in [-0.1, -0.05) is 31.5 Å². The average molecular weight is 239 g/mol. The molecule has 0 saturated carbocycles. The molecule has 1 atom stereocenters. The smallest absolute Gasteiger partial charge is 0.310 e. The Morgan fingerprint density at radius 2 is 2.19 bits per heavy atom. The Balaban J connectivity index is 2.58. The van der Waals surface area contributed by atoms with Gasteiger partial charge in [-0.2, -0.15) is 0 Å². The normalized spacial score (nSPS) is 22.6. The van der Waals surface area contributed by atoms with Crippen molar-refractivity contribution < 1.29 is 9.90 Å². The topological polar surface area (TPSA) is 37.3 Å². The van der Waals surface area contributed by atoms with E-state index in [-0.39, 0.29) is 5.41 Å². The number of carbonyl (C=O) groups is 1. The standard InChI is InChI=1S/C13H15ClO2/c1-13(2)6-5-9(12(15)16)10-7-8(14)3-4-11(10)13/h3-4,7,9H,5-6H2,1-2H3,(H,15,16). The van der Waals surface area contributed by atoms with E-state index in [0.29, 0.717) is 11.4 Å². The number of fused-ring (bicyclic) bond motifs is 1. The maximum absolute atomic E-state index is 11.2. The van der Waals surface area contributed by atoms with Gasteiger partial charge in [0.1, 0.15) is 0 Å². The number of benzene rings is 1. The van der Waals surface area contributed by atoms with Gasteiger partial charge in [0.05, 0.1) is 5.92 Å². The molecule has 0 spiro atoms. The summed E-state index contributed by atoms with van der Waals surface area (Å²) in [5, 5.41) is 9.82. The molecule has 1 aliphatic rings. The molecule has 0 radical (unpaired) electrons. The van der Waals surface area contributed by atoms with Crippen molar-refractivity contribution in [2.24, 2.45) is 0 Å². The summed E-state index contributed by atoms with van der Waals surface area (Å²) < 4.78 is 0. The second-order valence-electron chi connectivity index (χ2n) is 5.04. The van der Waals surface area contributed by atoms with Crippen LogP contribution in [0, 0.1) is 0 Å². The van der Waals surface area contributed by atoms with Gasteiger partial charge in [-0.25, -0.2) is 0 Å². The molecule has 2 nitrogen and oxygen atoms in total. The number of halogens is 1. The summed E-state index contributed by atoms with van der Waals surface area (Å²) in [7, 11) is 0. The number of aliphatic carboxylic acids is 1. The fourth-order valence-electron chi connectivity index (χ4n) is 2.49. The maximum Gasteiger partial charge on any atom is 0.310 e. The van der Waals surface area contributed by atoms with Gasteiger partial charge in [0.25, 0.3) is 0 Å². The SMILES string of the molecule is CC1(C)CCC(C(=O)O)c2cc(Cl)ccc21. The summed E-state index contributed by atoms with van der Waals surface area (Å²) in [5.41, 5.74) is 2.05. The fourth-order valence-corrected chi connectivity index (χ4v) is 2.67. The van der Waals surface area contributed by atoms with Gasteiger partial charge >= 0.3 is 5.97 Å². The van der Waals surface area contributed by atoms with Crippen molar-refractivity contribution >= 4 is 17.6 Å². The predicted molar refractivity (Wildman–Crippen MR) is 64.1 cm³/mol. The van der Waals surface area contributed by atoms with Crippen LogP contribution in [-0.4, -0.2) is 11.1 Å². The van der Waals surface area contributed by atoms with Crippen LogP contribution in [0.2, 0.25) is 5.02 Å².